The number of hydrogen-bond acceptors (Lipinski definition) is 3. The molecule has 0 aliphatic carbocycles. The molecule has 4 nitrogen and oxygen atoms in total. The van der Waals surface area contributed by atoms with E-state index in [1.165, 1.54) is 11.2 Å². The van der Waals surface area contributed by atoms with Crippen LogP contribution < -0.4 is 0 Å². The Labute approximate surface area is 86.6 Å². The predicted octanol–water partition coefficient (Wildman–Crippen LogP) is 1.35. The fraction of sp³-hybridized carbons (Fsp3) is 0.889. The van der Waals surface area contributed by atoms with Gasteiger partial charge in [0, 0.05) is 12.6 Å². The molecule has 5 heteroatoms. The van der Waals surface area contributed by atoms with Gasteiger partial charge in [-0.15, -0.1) is 0 Å². The lowest BCUT2D eigenvalue weighted by Crippen LogP contribution is -2.42. The van der Waals surface area contributed by atoms with E-state index in [1.54, 1.807) is 13.0 Å². The van der Waals surface area contributed by atoms with Crippen molar-refractivity contribution in [1.82, 2.24) is 4.31 Å². The molecule has 0 bridgehead atoms. The molecule has 0 rings (SSSR count). The van der Waals surface area contributed by atoms with Crippen LogP contribution in [0.2, 0.25) is 0 Å². The molecule has 0 heterocycles. The van der Waals surface area contributed by atoms with Gasteiger partial charge in [0.25, 0.3) is 0 Å². The second kappa shape index (κ2) is 5.32. The van der Waals surface area contributed by atoms with Crippen LogP contribution in [0.3, 0.4) is 0 Å². The van der Waals surface area contributed by atoms with Crippen LogP contribution in [-0.2, 0) is 10.0 Å². The molecule has 0 aromatic heterocycles. The van der Waals surface area contributed by atoms with E-state index in [0.717, 1.165) is 6.42 Å². The molecule has 0 aliphatic heterocycles. The summed E-state index contributed by atoms with van der Waals surface area (Å²) in [7, 11) is -3.44. The summed E-state index contributed by atoms with van der Waals surface area (Å²) in [5.41, 5.74) is 0. The summed E-state index contributed by atoms with van der Waals surface area (Å²) in [6, 6.07) is 1.73. The maximum Gasteiger partial charge on any atom is 0.230 e. The van der Waals surface area contributed by atoms with Crippen LogP contribution in [0.5, 0.6) is 0 Å². The Kier molecular flexibility index (Phi) is 5.09. The van der Waals surface area contributed by atoms with Crippen LogP contribution in [0.1, 0.15) is 34.1 Å². The fourth-order valence-electron chi connectivity index (χ4n) is 1.22. The van der Waals surface area contributed by atoms with Crippen molar-refractivity contribution in [1.29, 1.82) is 5.26 Å². The molecule has 0 aromatic rings. The van der Waals surface area contributed by atoms with Gasteiger partial charge in [0.2, 0.25) is 10.0 Å². The number of nitriles is 1. The van der Waals surface area contributed by atoms with E-state index >= 15 is 0 Å². The van der Waals surface area contributed by atoms with Gasteiger partial charge in [-0.3, -0.25) is 0 Å². The Balaban J connectivity index is 4.96. The Morgan fingerprint density at radius 3 is 2.14 bits per heavy atom. The second-order valence-electron chi connectivity index (χ2n) is 3.28. The summed E-state index contributed by atoms with van der Waals surface area (Å²) in [6.07, 6.45) is 0.755. The Morgan fingerprint density at radius 1 is 1.36 bits per heavy atom. The first-order valence-corrected chi connectivity index (χ1v) is 6.32. The number of sulfonamides is 1. The molecule has 0 amide bonds. The van der Waals surface area contributed by atoms with E-state index in [4.69, 9.17) is 5.26 Å². The zero-order valence-electron chi connectivity index (χ0n) is 9.19. The van der Waals surface area contributed by atoms with E-state index in [-0.39, 0.29) is 6.04 Å². The molecule has 0 spiro atoms. The SMILES string of the molecule is CCC(C)N(CC)S(=O)(=O)C(C)C#N. The molecular formula is C9H18N2O2S. The summed E-state index contributed by atoms with van der Waals surface area (Å²) in [5.74, 6) is 0. The van der Waals surface area contributed by atoms with Gasteiger partial charge in [0.05, 0.1) is 6.07 Å². The third kappa shape index (κ3) is 2.69. The Morgan fingerprint density at radius 2 is 1.86 bits per heavy atom. The lowest BCUT2D eigenvalue weighted by molar-refractivity contribution is 0.341. The quantitative estimate of drug-likeness (QED) is 0.699. The van der Waals surface area contributed by atoms with Gasteiger partial charge in [-0.25, -0.2) is 8.42 Å². The van der Waals surface area contributed by atoms with Gasteiger partial charge >= 0.3 is 0 Å². The van der Waals surface area contributed by atoms with Crippen LogP contribution in [-0.4, -0.2) is 30.6 Å². The summed E-state index contributed by atoms with van der Waals surface area (Å²) in [5, 5.41) is 7.65. The van der Waals surface area contributed by atoms with Gasteiger partial charge in [0.15, 0.2) is 5.25 Å². The normalized spacial score (nSPS) is 16.3. The van der Waals surface area contributed by atoms with Crippen LogP contribution in [0.25, 0.3) is 0 Å². The summed E-state index contributed by atoms with van der Waals surface area (Å²) in [6.45, 7) is 7.41. The molecule has 0 aromatic carbocycles. The minimum Gasteiger partial charge on any atom is -0.211 e. The van der Waals surface area contributed by atoms with Crippen molar-refractivity contribution < 1.29 is 8.42 Å². The van der Waals surface area contributed by atoms with Crippen molar-refractivity contribution in [2.75, 3.05) is 6.54 Å². The second-order valence-corrected chi connectivity index (χ2v) is 5.48. The largest absolute Gasteiger partial charge is 0.230 e. The molecule has 0 radical (unpaired) electrons. The highest BCUT2D eigenvalue weighted by Gasteiger charge is 2.30. The van der Waals surface area contributed by atoms with Crippen molar-refractivity contribution in [2.45, 2.75) is 45.4 Å². The smallest absolute Gasteiger partial charge is 0.211 e. The first-order valence-electron chi connectivity index (χ1n) is 4.82. The molecule has 82 valence electrons. The van der Waals surface area contributed by atoms with Crippen molar-refractivity contribution in [3.05, 3.63) is 0 Å². The molecule has 2 unspecified atom stereocenters. The first kappa shape index (κ1) is 13.4. The van der Waals surface area contributed by atoms with Crippen LogP contribution in [0.4, 0.5) is 0 Å². The van der Waals surface area contributed by atoms with Gasteiger partial charge in [-0.1, -0.05) is 13.8 Å². The summed E-state index contributed by atoms with van der Waals surface area (Å²) >= 11 is 0. The molecule has 0 saturated heterocycles. The number of nitrogens with zero attached hydrogens (tertiary/aromatic N) is 2. The molecule has 0 N–H and O–H groups in total. The fourth-order valence-corrected chi connectivity index (χ4v) is 2.77. The maximum atomic E-state index is 11.8. The minimum absolute atomic E-state index is 0.0409. The third-order valence-electron chi connectivity index (χ3n) is 2.35. The Hall–Kier alpha value is -0.600. The van der Waals surface area contributed by atoms with Gasteiger partial charge < -0.3 is 0 Å². The van der Waals surface area contributed by atoms with Gasteiger partial charge in [-0.2, -0.15) is 9.57 Å². The first-order chi connectivity index (χ1) is 6.41. The minimum atomic E-state index is -3.44. The lowest BCUT2D eigenvalue weighted by Gasteiger charge is -2.27. The molecule has 0 fully saturated rings. The zero-order chi connectivity index (χ0) is 11.4. The highest BCUT2D eigenvalue weighted by atomic mass is 32.2. The lowest BCUT2D eigenvalue weighted by atomic mass is 10.3. The van der Waals surface area contributed by atoms with E-state index in [9.17, 15) is 8.42 Å². The predicted molar refractivity (Wildman–Crippen MR) is 56.1 cm³/mol. The highest BCUT2D eigenvalue weighted by molar-refractivity contribution is 7.90. The van der Waals surface area contributed by atoms with Gasteiger partial charge in [0.1, 0.15) is 0 Å². The number of rotatable bonds is 5. The van der Waals surface area contributed by atoms with Crippen molar-refractivity contribution in [2.24, 2.45) is 0 Å². The Bertz CT molecular complexity index is 305. The van der Waals surface area contributed by atoms with Gasteiger partial charge in [-0.05, 0) is 20.3 Å². The molecular weight excluding hydrogens is 200 g/mol. The van der Waals surface area contributed by atoms with Crippen molar-refractivity contribution in [3.63, 3.8) is 0 Å². The molecule has 14 heavy (non-hydrogen) atoms. The summed E-state index contributed by atoms with van der Waals surface area (Å²) in [4.78, 5) is 0. The van der Waals surface area contributed by atoms with E-state index in [0.29, 0.717) is 6.54 Å². The average Bonchev–Trinajstić information content (AvgIpc) is 2.16. The topological polar surface area (TPSA) is 61.2 Å². The monoisotopic (exact) mass is 218 g/mol. The van der Waals surface area contributed by atoms with Crippen molar-refractivity contribution in [3.8, 4) is 6.07 Å². The molecule has 0 saturated carbocycles. The van der Waals surface area contributed by atoms with Crippen LogP contribution in [0, 0.1) is 11.3 Å². The van der Waals surface area contributed by atoms with E-state index in [1.807, 2.05) is 13.8 Å². The van der Waals surface area contributed by atoms with E-state index < -0.39 is 15.3 Å². The average molecular weight is 218 g/mol. The van der Waals surface area contributed by atoms with Crippen LogP contribution >= 0.6 is 0 Å². The zero-order valence-corrected chi connectivity index (χ0v) is 10.0. The maximum absolute atomic E-state index is 11.8. The van der Waals surface area contributed by atoms with E-state index in [2.05, 4.69) is 0 Å². The summed E-state index contributed by atoms with van der Waals surface area (Å²) < 4.78 is 25.0. The van der Waals surface area contributed by atoms with Crippen molar-refractivity contribution >= 4 is 10.0 Å². The number of hydrogen-bond donors (Lipinski definition) is 0. The van der Waals surface area contributed by atoms with Crippen LogP contribution in [0.15, 0.2) is 0 Å². The standard InChI is InChI=1S/C9H18N2O2S/c1-5-8(3)11(6-2)14(12,13)9(4)7-10/h8-9H,5-6H2,1-4H3. The highest BCUT2D eigenvalue weighted by Crippen LogP contribution is 2.14. The third-order valence-corrected chi connectivity index (χ3v) is 4.62. The molecule has 0 aliphatic rings. The molecule has 2 atom stereocenters.